The van der Waals surface area contributed by atoms with Gasteiger partial charge in [-0.15, -0.1) is 0 Å². The SMILES string of the molecule is CC(C=O)=C(Cl)C1CC1. The molecule has 1 rings (SSSR count). The van der Waals surface area contributed by atoms with Crippen LogP contribution in [0.3, 0.4) is 0 Å². The summed E-state index contributed by atoms with van der Waals surface area (Å²) >= 11 is 5.78. The topological polar surface area (TPSA) is 17.1 Å². The van der Waals surface area contributed by atoms with Crippen molar-refractivity contribution in [1.29, 1.82) is 0 Å². The molecular formula is C7H9ClO. The van der Waals surface area contributed by atoms with E-state index in [2.05, 4.69) is 0 Å². The molecule has 2 heteroatoms. The van der Waals surface area contributed by atoms with Gasteiger partial charge in [-0.25, -0.2) is 0 Å². The van der Waals surface area contributed by atoms with Crippen LogP contribution in [0.25, 0.3) is 0 Å². The molecular weight excluding hydrogens is 136 g/mol. The minimum atomic E-state index is 0.511. The fourth-order valence-corrected chi connectivity index (χ4v) is 0.978. The Hall–Kier alpha value is -0.300. The van der Waals surface area contributed by atoms with Gasteiger partial charge in [-0.1, -0.05) is 11.6 Å². The van der Waals surface area contributed by atoms with E-state index in [1.54, 1.807) is 6.92 Å². The van der Waals surface area contributed by atoms with Crippen molar-refractivity contribution in [2.45, 2.75) is 19.8 Å². The molecule has 0 aliphatic heterocycles. The summed E-state index contributed by atoms with van der Waals surface area (Å²) in [5.41, 5.74) is 0.694. The Morgan fingerprint density at radius 2 is 2.22 bits per heavy atom. The number of halogens is 1. The van der Waals surface area contributed by atoms with Gasteiger partial charge in [0.05, 0.1) is 0 Å². The Kier molecular flexibility index (Phi) is 1.91. The molecule has 1 aliphatic carbocycles. The van der Waals surface area contributed by atoms with Crippen LogP contribution in [0, 0.1) is 5.92 Å². The number of carbonyl (C=O) groups excluding carboxylic acids is 1. The summed E-state index contributed by atoms with van der Waals surface area (Å²) in [4.78, 5) is 10.1. The van der Waals surface area contributed by atoms with Crippen LogP contribution >= 0.6 is 11.6 Å². The molecule has 0 heterocycles. The Balaban J connectivity index is 2.64. The molecule has 0 N–H and O–H groups in total. The highest BCUT2D eigenvalue weighted by molar-refractivity contribution is 6.31. The van der Waals surface area contributed by atoms with E-state index in [1.165, 1.54) is 0 Å². The predicted octanol–water partition coefficient (Wildman–Crippen LogP) is 2.11. The normalized spacial score (nSPS) is 21.1. The monoisotopic (exact) mass is 144 g/mol. The number of hydrogen-bond donors (Lipinski definition) is 0. The maximum atomic E-state index is 10.1. The summed E-state index contributed by atoms with van der Waals surface area (Å²) in [6.45, 7) is 1.76. The Labute approximate surface area is 59.7 Å². The van der Waals surface area contributed by atoms with E-state index < -0.39 is 0 Å². The second-order valence-electron chi connectivity index (χ2n) is 2.42. The summed E-state index contributed by atoms with van der Waals surface area (Å²) in [6.07, 6.45) is 3.13. The van der Waals surface area contributed by atoms with Gasteiger partial charge in [-0.3, -0.25) is 4.79 Å². The quantitative estimate of drug-likeness (QED) is 0.429. The minimum absolute atomic E-state index is 0.511. The first-order chi connectivity index (χ1) is 4.25. The number of rotatable bonds is 2. The summed E-state index contributed by atoms with van der Waals surface area (Å²) < 4.78 is 0. The van der Waals surface area contributed by atoms with E-state index in [4.69, 9.17) is 11.6 Å². The molecule has 0 aromatic heterocycles. The van der Waals surface area contributed by atoms with Crippen LogP contribution < -0.4 is 0 Å². The Morgan fingerprint density at radius 3 is 2.56 bits per heavy atom. The van der Waals surface area contributed by atoms with Crippen LogP contribution in [0.5, 0.6) is 0 Å². The van der Waals surface area contributed by atoms with Crippen LogP contribution in [0.2, 0.25) is 0 Å². The van der Waals surface area contributed by atoms with Gasteiger partial charge in [0.2, 0.25) is 0 Å². The van der Waals surface area contributed by atoms with Crippen molar-refractivity contribution in [1.82, 2.24) is 0 Å². The van der Waals surface area contributed by atoms with Gasteiger partial charge in [-0.2, -0.15) is 0 Å². The highest BCUT2D eigenvalue weighted by Crippen LogP contribution is 2.39. The maximum Gasteiger partial charge on any atom is 0.146 e. The zero-order valence-corrected chi connectivity index (χ0v) is 6.11. The zero-order chi connectivity index (χ0) is 6.85. The molecule has 0 atom stereocenters. The average Bonchev–Trinajstić information content (AvgIpc) is 2.66. The van der Waals surface area contributed by atoms with Crippen LogP contribution in [-0.4, -0.2) is 6.29 Å². The van der Waals surface area contributed by atoms with Crippen LogP contribution in [0.1, 0.15) is 19.8 Å². The molecule has 1 saturated carbocycles. The number of aldehydes is 1. The summed E-state index contributed by atoms with van der Waals surface area (Å²) in [6, 6.07) is 0. The molecule has 0 bridgehead atoms. The first-order valence-corrected chi connectivity index (χ1v) is 3.45. The molecule has 0 spiro atoms. The summed E-state index contributed by atoms with van der Waals surface area (Å²) in [5, 5.41) is 0.769. The van der Waals surface area contributed by atoms with Gasteiger partial charge >= 0.3 is 0 Å². The lowest BCUT2D eigenvalue weighted by atomic mass is 10.2. The fourth-order valence-electron chi connectivity index (χ4n) is 0.715. The second-order valence-corrected chi connectivity index (χ2v) is 2.83. The van der Waals surface area contributed by atoms with E-state index in [0.717, 1.165) is 24.2 Å². The Morgan fingerprint density at radius 1 is 1.67 bits per heavy atom. The highest BCUT2D eigenvalue weighted by atomic mass is 35.5. The highest BCUT2D eigenvalue weighted by Gasteiger charge is 2.25. The predicted molar refractivity (Wildman–Crippen MR) is 37.3 cm³/mol. The molecule has 50 valence electrons. The standard InChI is InChI=1S/C7H9ClO/c1-5(4-9)7(8)6-2-3-6/h4,6H,2-3H2,1H3. The minimum Gasteiger partial charge on any atom is -0.298 e. The lowest BCUT2D eigenvalue weighted by Crippen LogP contribution is -1.83. The molecule has 0 saturated heterocycles. The van der Waals surface area contributed by atoms with Gasteiger partial charge in [0, 0.05) is 10.6 Å². The molecule has 0 amide bonds. The summed E-state index contributed by atoms with van der Waals surface area (Å²) in [7, 11) is 0. The molecule has 1 nitrogen and oxygen atoms in total. The average molecular weight is 145 g/mol. The van der Waals surface area contributed by atoms with Gasteiger partial charge < -0.3 is 0 Å². The number of carbonyl (C=O) groups is 1. The fraction of sp³-hybridized carbons (Fsp3) is 0.571. The molecule has 1 fully saturated rings. The van der Waals surface area contributed by atoms with E-state index in [9.17, 15) is 4.79 Å². The molecule has 1 aliphatic rings. The van der Waals surface area contributed by atoms with Gasteiger partial charge in [-0.05, 0) is 25.7 Å². The first-order valence-electron chi connectivity index (χ1n) is 3.07. The molecule has 0 aromatic carbocycles. The third-order valence-corrected chi connectivity index (χ3v) is 2.10. The van der Waals surface area contributed by atoms with Gasteiger partial charge in [0.25, 0.3) is 0 Å². The van der Waals surface area contributed by atoms with E-state index in [0.29, 0.717) is 11.5 Å². The van der Waals surface area contributed by atoms with Crippen molar-refractivity contribution in [2.75, 3.05) is 0 Å². The third kappa shape index (κ3) is 1.55. The zero-order valence-electron chi connectivity index (χ0n) is 5.36. The molecule has 9 heavy (non-hydrogen) atoms. The lowest BCUT2D eigenvalue weighted by molar-refractivity contribution is -0.104. The lowest BCUT2D eigenvalue weighted by Gasteiger charge is -1.93. The smallest absolute Gasteiger partial charge is 0.146 e. The van der Waals surface area contributed by atoms with Crippen molar-refractivity contribution < 1.29 is 4.79 Å². The van der Waals surface area contributed by atoms with Gasteiger partial charge in [0.15, 0.2) is 0 Å². The van der Waals surface area contributed by atoms with E-state index in [-0.39, 0.29) is 0 Å². The largest absolute Gasteiger partial charge is 0.298 e. The molecule has 0 unspecified atom stereocenters. The van der Waals surface area contributed by atoms with Crippen LogP contribution in [-0.2, 0) is 4.79 Å². The molecule has 0 radical (unpaired) electrons. The number of hydrogen-bond acceptors (Lipinski definition) is 1. The van der Waals surface area contributed by atoms with E-state index >= 15 is 0 Å². The second kappa shape index (κ2) is 2.53. The summed E-state index contributed by atoms with van der Waals surface area (Å²) in [5.74, 6) is 0.511. The van der Waals surface area contributed by atoms with Crippen molar-refractivity contribution in [3.05, 3.63) is 10.6 Å². The van der Waals surface area contributed by atoms with Crippen molar-refractivity contribution in [2.24, 2.45) is 5.92 Å². The molecule has 0 aromatic rings. The maximum absolute atomic E-state index is 10.1. The van der Waals surface area contributed by atoms with Crippen LogP contribution in [0.15, 0.2) is 10.6 Å². The van der Waals surface area contributed by atoms with Crippen LogP contribution in [0.4, 0.5) is 0 Å². The van der Waals surface area contributed by atoms with E-state index in [1.807, 2.05) is 0 Å². The third-order valence-electron chi connectivity index (χ3n) is 1.49. The first kappa shape index (κ1) is 6.81. The Bertz CT molecular complexity index is 156. The van der Waals surface area contributed by atoms with Gasteiger partial charge in [0.1, 0.15) is 6.29 Å². The van der Waals surface area contributed by atoms with Crippen molar-refractivity contribution >= 4 is 17.9 Å². The van der Waals surface area contributed by atoms with Crippen molar-refractivity contribution in [3.8, 4) is 0 Å². The number of allylic oxidation sites excluding steroid dienone is 2. The van der Waals surface area contributed by atoms with Crippen molar-refractivity contribution in [3.63, 3.8) is 0 Å².